The SMILES string of the molecule is CCc1nc(NS(=O)(=O)c2c(N)cccc2Cl)sc1C. The van der Waals surface area contributed by atoms with Gasteiger partial charge >= 0.3 is 0 Å². The van der Waals surface area contributed by atoms with E-state index in [0.29, 0.717) is 5.13 Å². The fourth-order valence-corrected chi connectivity index (χ4v) is 4.59. The number of aryl methyl sites for hydroxylation is 2. The van der Waals surface area contributed by atoms with Gasteiger partial charge in [-0.3, -0.25) is 4.72 Å². The molecule has 0 saturated heterocycles. The molecule has 0 saturated carbocycles. The van der Waals surface area contributed by atoms with Crippen LogP contribution in [0.15, 0.2) is 23.1 Å². The normalized spacial score (nSPS) is 11.6. The Labute approximate surface area is 126 Å². The maximum atomic E-state index is 12.3. The molecule has 20 heavy (non-hydrogen) atoms. The molecule has 1 aromatic carbocycles. The molecule has 0 aliphatic rings. The van der Waals surface area contributed by atoms with Crippen LogP contribution in [0.4, 0.5) is 10.8 Å². The van der Waals surface area contributed by atoms with Crippen LogP contribution in [-0.2, 0) is 16.4 Å². The van der Waals surface area contributed by atoms with Crippen LogP contribution in [-0.4, -0.2) is 13.4 Å². The Bertz CT molecular complexity index is 721. The van der Waals surface area contributed by atoms with Crippen molar-refractivity contribution < 1.29 is 8.42 Å². The van der Waals surface area contributed by atoms with Gasteiger partial charge in [0.2, 0.25) is 0 Å². The number of hydrogen-bond acceptors (Lipinski definition) is 5. The Kier molecular flexibility index (Phi) is 4.22. The van der Waals surface area contributed by atoms with Crippen LogP contribution in [0.3, 0.4) is 0 Å². The van der Waals surface area contributed by atoms with Gasteiger partial charge in [-0.05, 0) is 25.5 Å². The highest BCUT2D eigenvalue weighted by Gasteiger charge is 2.22. The summed E-state index contributed by atoms with van der Waals surface area (Å²) in [6.07, 6.45) is 0.748. The molecule has 1 heterocycles. The summed E-state index contributed by atoms with van der Waals surface area (Å²) < 4.78 is 27.1. The van der Waals surface area contributed by atoms with Crippen molar-refractivity contribution in [2.45, 2.75) is 25.2 Å². The minimum Gasteiger partial charge on any atom is -0.398 e. The molecule has 0 aliphatic carbocycles. The number of nitrogens with one attached hydrogen (secondary N) is 1. The van der Waals surface area contributed by atoms with Crippen molar-refractivity contribution in [1.82, 2.24) is 4.98 Å². The number of nitrogens with two attached hydrogens (primary N) is 1. The zero-order valence-corrected chi connectivity index (χ0v) is 13.4. The lowest BCUT2D eigenvalue weighted by Gasteiger charge is -2.09. The molecule has 1 aromatic heterocycles. The highest BCUT2D eigenvalue weighted by Crippen LogP contribution is 2.30. The predicted octanol–water partition coefficient (Wildman–Crippen LogP) is 3.05. The Morgan fingerprint density at radius 1 is 1.45 bits per heavy atom. The number of anilines is 2. The van der Waals surface area contributed by atoms with Crippen LogP contribution in [0, 0.1) is 6.92 Å². The zero-order chi connectivity index (χ0) is 14.9. The number of halogens is 1. The molecule has 0 radical (unpaired) electrons. The van der Waals surface area contributed by atoms with Crippen LogP contribution in [0.25, 0.3) is 0 Å². The maximum Gasteiger partial charge on any atom is 0.267 e. The van der Waals surface area contributed by atoms with E-state index in [1.54, 1.807) is 6.07 Å². The molecule has 0 unspecified atom stereocenters. The van der Waals surface area contributed by atoms with E-state index in [-0.39, 0.29) is 15.6 Å². The molecule has 3 N–H and O–H groups in total. The molecule has 8 heteroatoms. The van der Waals surface area contributed by atoms with E-state index in [0.717, 1.165) is 17.0 Å². The van der Waals surface area contributed by atoms with Crippen molar-refractivity contribution in [2.75, 3.05) is 10.5 Å². The quantitative estimate of drug-likeness (QED) is 0.843. The number of nitrogen functional groups attached to an aromatic ring is 1. The summed E-state index contributed by atoms with van der Waals surface area (Å²) in [6.45, 7) is 3.87. The van der Waals surface area contributed by atoms with E-state index >= 15 is 0 Å². The predicted molar refractivity (Wildman–Crippen MR) is 82.9 cm³/mol. The lowest BCUT2D eigenvalue weighted by Crippen LogP contribution is -2.15. The Balaban J connectivity index is 2.41. The molecule has 0 spiro atoms. The van der Waals surface area contributed by atoms with Crippen molar-refractivity contribution in [2.24, 2.45) is 0 Å². The first-order chi connectivity index (χ1) is 9.35. The Hall–Kier alpha value is -1.31. The summed E-state index contributed by atoms with van der Waals surface area (Å²) in [5.41, 5.74) is 6.68. The topological polar surface area (TPSA) is 85.1 Å². The van der Waals surface area contributed by atoms with Gasteiger partial charge in [-0.15, -0.1) is 11.3 Å². The first kappa shape index (κ1) is 15.1. The van der Waals surface area contributed by atoms with Gasteiger partial charge in [0.25, 0.3) is 10.0 Å². The van der Waals surface area contributed by atoms with E-state index in [4.69, 9.17) is 17.3 Å². The first-order valence-corrected chi connectivity index (χ1v) is 8.56. The van der Waals surface area contributed by atoms with E-state index in [1.165, 1.54) is 23.5 Å². The summed E-state index contributed by atoms with van der Waals surface area (Å²) >= 11 is 7.21. The average Bonchev–Trinajstić information content (AvgIpc) is 2.67. The number of thiazole rings is 1. The van der Waals surface area contributed by atoms with Crippen molar-refractivity contribution in [3.63, 3.8) is 0 Å². The third kappa shape index (κ3) is 2.89. The van der Waals surface area contributed by atoms with Gasteiger partial charge in [0.15, 0.2) is 5.13 Å². The second-order valence-corrected chi connectivity index (χ2v) is 7.37. The number of rotatable bonds is 4. The van der Waals surface area contributed by atoms with E-state index < -0.39 is 10.0 Å². The number of nitrogens with zero attached hydrogens (tertiary/aromatic N) is 1. The number of sulfonamides is 1. The summed E-state index contributed by atoms with van der Waals surface area (Å²) in [7, 11) is -3.85. The molecule has 108 valence electrons. The van der Waals surface area contributed by atoms with Crippen molar-refractivity contribution in [1.29, 1.82) is 0 Å². The smallest absolute Gasteiger partial charge is 0.267 e. The minimum atomic E-state index is -3.85. The lowest BCUT2D eigenvalue weighted by atomic mass is 10.3. The summed E-state index contributed by atoms with van der Waals surface area (Å²) in [5.74, 6) is 0. The molecule has 0 aliphatic heterocycles. The van der Waals surface area contributed by atoms with Crippen LogP contribution < -0.4 is 10.5 Å². The van der Waals surface area contributed by atoms with Gasteiger partial charge in [-0.25, -0.2) is 13.4 Å². The van der Waals surface area contributed by atoms with Gasteiger partial charge < -0.3 is 5.73 Å². The summed E-state index contributed by atoms with van der Waals surface area (Å²) in [4.78, 5) is 5.11. The van der Waals surface area contributed by atoms with Crippen LogP contribution in [0.1, 0.15) is 17.5 Å². The van der Waals surface area contributed by atoms with E-state index in [1.807, 2.05) is 13.8 Å². The van der Waals surface area contributed by atoms with Gasteiger partial charge in [0, 0.05) is 4.88 Å². The molecule has 0 bridgehead atoms. The second kappa shape index (κ2) is 5.59. The fourth-order valence-electron chi connectivity index (χ4n) is 1.77. The monoisotopic (exact) mass is 331 g/mol. The van der Waals surface area contributed by atoms with Crippen molar-refractivity contribution >= 4 is 43.8 Å². The zero-order valence-electron chi connectivity index (χ0n) is 11.0. The third-order valence-corrected chi connectivity index (χ3v) is 5.66. The molecule has 2 aromatic rings. The lowest BCUT2D eigenvalue weighted by molar-refractivity contribution is 0.601. The Morgan fingerprint density at radius 2 is 2.15 bits per heavy atom. The van der Waals surface area contributed by atoms with Crippen LogP contribution in [0.2, 0.25) is 5.02 Å². The molecule has 5 nitrogen and oxygen atoms in total. The highest BCUT2D eigenvalue weighted by molar-refractivity contribution is 7.93. The number of aromatic nitrogens is 1. The van der Waals surface area contributed by atoms with Crippen molar-refractivity contribution in [3.05, 3.63) is 33.8 Å². The fraction of sp³-hybridized carbons (Fsp3) is 0.250. The molecular weight excluding hydrogens is 318 g/mol. The number of benzene rings is 1. The molecule has 0 atom stereocenters. The third-order valence-electron chi connectivity index (χ3n) is 2.72. The maximum absolute atomic E-state index is 12.3. The highest BCUT2D eigenvalue weighted by atomic mass is 35.5. The van der Waals surface area contributed by atoms with Gasteiger partial charge in [0.1, 0.15) is 4.90 Å². The summed E-state index contributed by atoms with van der Waals surface area (Å²) in [6, 6.07) is 4.57. The van der Waals surface area contributed by atoms with Gasteiger partial charge in [-0.2, -0.15) is 0 Å². The molecule has 0 amide bonds. The minimum absolute atomic E-state index is 0.0847. The Morgan fingerprint density at radius 3 is 2.70 bits per heavy atom. The number of hydrogen-bond donors (Lipinski definition) is 2. The van der Waals surface area contributed by atoms with Crippen LogP contribution >= 0.6 is 22.9 Å². The summed E-state index contributed by atoms with van der Waals surface area (Å²) in [5, 5.41) is 0.403. The van der Waals surface area contributed by atoms with Crippen molar-refractivity contribution in [3.8, 4) is 0 Å². The average molecular weight is 332 g/mol. The molecule has 2 rings (SSSR count). The van der Waals surface area contributed by atoms with E-state index in [9.17, 15) is 8.42 Å². The second-order valence-electron chi connectivity index (χ2n) is 4.14. The van der Waals surface area contributed by atoms with Gasteiger partial charge in [-0.1, -0.05) is 24.6 Å². The molecule has 0 fully saturated rings. The van der Waals surface area contributed by atoms with Crippen LogP contribution in [0.5, 0.6) is 0 Å². The largest absolute Gasteiger partial charge is 0.398 e. The first-order valence-electron chi connectivity index (χ1n) is 5.88. The standard InChI is InChI=1S/C12H14ClN3O2S2/c1-3-10-7(2)19-12(15-10)16-20(17,18)11-8(13)5-4-6-9(11)14/h4-6H,3,14H2,1-2H3,(H,15,16). The molecular formula is C12H14ClN3O2S2. The van der Waals surface area contributed by atoms with E-state index in [2.05, 4.69) is 9.71 Å². The van der Waals surface area contributed by atoms with Gasteiger partial charge in [0.05, 0.1) is 16.4 Å².